The molecule has 4 heteroatoms. The maximum atomic E-state index is 12.5. The lowest BCUT2D eigenvalue weighted by Crippen LogP contribution is -2.48. The Morgan fingerprint density at radius 1 is 1.36 bits per heavy atom. The molecule has 0 amide bonds. The van der Waals surface area contributed by atoms with Gasteiger partial charge in [0.25, 0.3) is 5.92 Å². The first-order valence-electron chi connectivity index (χ1n) is 3.62. The number of aliphatic hydroxyl groups is 2. The van der Waals surface area contributed by atoms with E-state index in [2.05, 4.69) is 0 Å². The van der Waals surface area contributed by atoms with Crippen LogP contribution in [-0.2, 0) is 0 Å². The Bertz CT molecular complexity index is 157. The van der Waals surface area contributed by atoms with Gasteiger partial charge in [0.15, 0.2) is 0 Å². The molecule has 0 spiro atoms. The van der Waals surface area contributed by atoms with Crippen molar-refractivity contribution in [1.82, 2.24) is 0 Å². The molecule has 2 N–H and O–H groups in total. The minimum Gasteiger partial charge on any atom is -0.390 e. The van der Waals surface area contributed by atoms with Crippen LogP contribution in [0.4, 0.5) is 8.78 Å². The summed E-state index contributed by atoms with van der Waals surface area (Å²) in [6.45, 7) is 1.38. The van der Waals surface area contributed by atoms with Gasteiger partial charge in [0.05, 0.1) is 11.7 Å². The van der Waals surface area contributed by atoms with Crippen LogP contribution < -0.4 is 0 Å². The molecule has 2 unspecified atom stereocenters. The van der Waals surface area contributed by atoms with E-state index in [4.69, 9.17) is 5.11 Å². The van der Waals surface area contributed by atoms with E-state index in [0.717, 1.165) is 0 Å². The molecule has 0 aromatic heterocycles. The van der Waals surface area contributed by atoms with Crippen molar-refractivity contribution in [2.24, 2.45) is 0 Å². The highest BCUT2D eigenvalue weighted by Gasteiger charge is 2.46. The number of rotatable bonds is 0. The van der Waals surface area contributed by atoms with Gasteiger partial charge >= 0.3 is 0 Å². The lowest BCUT2D eigenvalue weighted by molar-refractivity contribution is -0.163. The Kier molecular flexibility index (Phi) is 1.92. The number of hydrogen-bond donors (Lipinski definition) is 2. The van der Waals surface area contributed by atoms with Crippen LogP contribution in [0.5, 0.6) is 0 Å². The molecule has 0 bridgehead atoms. The smallest absolute Gasteiger partial charge is 0.250 e. The molecule has 1 fully saturated rings. The van der Waals surface area contributed by atoms with E-state index in [9.17, 15) is 13.9 Å². The van der Waals surface area contributed by atoms with Crippen LogP contribution in [0.1, 0.15) is 26.2 Å². The predicted octanol–water partition coefficient (Wildman–Crippen LogP) is 0.917. The van der Waals surface area contributed by atoms with Crippen molar-refractivity contribution in [3.63, 3.8) is 0 Å². The summed E-state index contributed by atoms with van der Waals surface area (Å²) in [7, 11) is 0. The number of hydrogen-bond acceptors (Lipinski definition) is 2. The molecule has 0 aromatic carbocycles. The first-order valence-corrected chi connectivity index (χ1v) is 3.62. The van der Waals surface area contributed by atoms with Gasteiger partial charge in [-0.3, -0.25) is 0 Å². The van der Waals surface area contributed by atoms with Crippen LogP contribution >= 0.6 is 0 Å². The van der Waals surface area contributed by atoms with Crippen molar-refractivity contribution >= 4 is 0 Å². The second kappa shape index (κ2) is 2.38. The summed E-state index contributed by atoms with van der Waals surface area (Å²) in [6, 6.07) is 0. The van der Waals surface area contributed by atoms with E-state index in [0.29, 0.717) is 0 Å². The van der Waals surface area contributed by atoms with Gasteiger partial charge in [0.1, 0.15) is 0 Å². The zero-order valence-corrected chi connectivity index (χ0v) is 6.35. The molecule has 0 aromatic rings. The van der Waals surface area contributed by atoms with Gasteiger partial charge in [-0.2, -0.15) is 0 Å². The van der Waals surface area contributed by atoms with Crippen molar-refractivity contribution in [1.29, 1.82) is 0 Å². The highest BCUT2D eigenvalue weighted by molar-refractivity contribution is 4.92. The van der Waals surface area contributed by atoms with Crippen LogP contribution in [0.3, 0.4) is 0 Å². The fourth-order valence-corrected chi connectivity index (χ4v) is 1.21. The van der Waals surface area contributed by atoms with E-state index in [1.54, 1.807) is 0 Å². The number of aliphatic hydroxyl groups excluding tert-OH is 1. The van der Waals surface area contributed by atoms with Crippen molar-refractivity contribution in [3.05, 3.63) is 0 Å². The van der Waals surface area contributed by atoms with Crippen molar-refractivity contribution in [2.45, 2.75) is 43.8 Å². The third kappa shape index (κ3) is 1.87. The minimum absolute atomic E-state index is 0.0405. The topological polar surface area (TPSA) is 40.5 Å². The standard InChI is InChI=1S/C7H12F2O2/c1-6(11)2-3-7(8,9)4-5(6)10/h5,10-11H,2-4H2,1H3. The van der Waals surface area contributed by atoms with Crippen molar-refractivity contribution in [2.75, 3.05) is 0 Å². The monoisotopic (exact) mass is 166 g/mol. The lowest BCUT2D eigenvalue weighted by atomic mass is 9.82. The molecule has 2 atom stereocenters. The third-order valence-electron chi connectivity index (χ3n) is 2.21. The van der Waals surface area contributed by atoms with Gasteiger partial charge < -0.3 is 10.2 Å². The van der Waals surface area contributed by atoms with Crippen LogP contribution in [0.25, 0.3) is 0 Å². The summed E-state index contributed by atoms with van der Waals surface area (Å²) in [5, 5.41) is 18.3. The zero-order chi connectivity index (χ0) is 8.70. The Labute approximate surface area is 63.8 Å². The Morgan fingerprint density at radius 3 is 2.27 bits per heavy atom. The molecule has 0 heterocycles. The van der Waals surface area contributed by atoms with Crippen molar-refractivity contribution in [3.8, 4) is 0 Å². The molecule has 1 rings (SSSR count). The van der Waals surface area contributed by atoms with Gasteiger partial charge in [0, 0.05) is 12.8 Å². The average Bonchev–Trinajstić information content (AvgIpc) is 1.81. The molecule has 66 valence electrons. The first-order chi connectivity index (χ1) is 4.83. The second-order valence-corrected chi connectivity index (χ2v) is 3.43. The highest BCUT2D eigenvalue weighted by Crippen LogP contribution is 2.38. The van der Waals surface area contributed by atoms with E-state index < -0.39 is 24.0 Å². The molecule has 2 nitrogen and oxygen atoms in total. The van der Waals surface area contributed by atoms with Gasteiger partial charge in [-0.05, 0) is 13.3 Å². The molecule has 1 saturated carbocycles. The average molecular weight is 166 g/mol. The quantitative estimate of drug-likeness (QED) is 0.561. The SMILES string of the molecule is CC1(O)CCC(F)(F)CC1O. The van der Waals surface area contributed by atoms with Gasteiger partial charge in [-0.1, -0.05) is 0 Å². The van der Waals surface area contributed by atoms with E-state index in [1.165, 1.54) is 6.92 Å². The summed E-state index contributed by atoms with van der Waals surface area (Å²) >= 11 is 0. The molecule has 11 heavy (non-hydrogen) atoms. The second-order valence-electron chi connectivity index (χ2n) is 3.43. The zero-order valence-electron chi connectivity index (χ0n) is 6.35. The van der Waals surface area contributed by atoms with Crippen LogP contribution in [0.2, 0.25) is 0 Å². The Hall–Kier alpha value is -0.220. The third-order valence-corrected chi connectivity index (χ3v) is 2.21. The molecule has 0 radical (unpaired) electrons. The van der Waals surface area contributed by atoms with E-state index in [1.807, 2.05) is 0 Å². The van der Waals surface area contributed by atoms with Gasteiger partial charge in [0.2, 0.25) is 0 Å². The predicted molar refractivity (Wildman–Crippen MR) is 35.4 cm³/mol. The van der Waals surface area contributed by atoms with Crippen LogP contribution in [-0.4, -0.2) is 27.8 Å². The van der Waals surface area contributed by atoms with Crippen LogP contribution in [0.15, 0.2) is 0 Å². The summed E-state index contributed by atoms with van der Waals surface area (Å²) in [5.74, 6) is -2.80. The van der Waals surface area contributed by atoms with Crippen LogP contribution in [0, 0.1) is 0 Å². The van der Waals surface area contributed by atoms with Crippen molar-refractivity contribution < 1.29 is 19.0 Å². The van der Waals surface area contributed by atoms with E-state index >= 15 is 0 Å². The normalized spacial score (nSPS) is 43.9. The summed E-state index contributed by atoms with van der Waals surface area (Å²) in [5.41, 5.74) is -1.33. The fourth-order valence-electron chi connectivity index (χ4n) is 1.21. The summed E-state index contributed by atoms with van der Waals surface area (Å²) in [6.07, 6.45) is -2.30. The summed E-state index contributed by atoms with van der Waals surface area (Å²) in [4.78, 5) is 0. The highest BCUT2D eigenvalue weighted by atomic mass is 19.3. The maximum absolute atomic E-state index is 12.5. The van der Waals surface area contributed by atoms with Gasteiger partial charge in [-0.15, -0.1) is 0 Å². The van der Waals surface area contributed by atoms with Gasteiger partial charge in [-0.25, -0.2) is 8.78 Å². The fraction of sp³-hybridized carbons (Fsp3) is 1.00. The summed E-state index contributed by atoms with van der Waals surface area (Å²) < 4.78 is 25.1. The largest absolute Gasteiger partial charge is 0.390 e. The Morgan fingerprint density at radius 2 is 1.91 bits per heavy atom. The maximum Gasteiger partial charge on any atom is 0.250 e. The van der Waals surface area contributed by atoms with E-state index in [-0.39, 0.29) is 12.8 Å². The molecule has 0 saturated heterocycles. The molecule has 1 aliphatic rings. The molecule has 0 aliphatic heterocycles. The Balaban J connectivity index is 2.63. The number of halogens is 2. The molecular weight excluding hydrogens is 154 g/mol. The minimum atomic E-state index is -2.80. The molecule has 1 aliphatic carbocycles. The lowest BCUT2D eigenvalue weighted by Gasteiger charge is -2.37. The first kappa shape index (κ1) is 8.87. The molecular formula is C7H12F2O2. The number of alkyl halides is 2.